The molecule has 18 heavy (non-hydrogen) atoms. The van der Waals surface area contributed by atoms with E-state index in [1.165, 1.54) is 18.3 Å². The minimum absolute atomic E-state index is 0.129. The normalized spacial score (nSPS) is 12.2. The Hall–Kier alpha value is -1.31. The summed E-state index contributed by atoms with van der Waals surface area (Å²) in [6.45, 7) is 2.00. The molecule has 100 valence electrons. The van der Waals surface area contributed by atoms with E-state index in [1.807, 2.05) is 0 Å². The number of rotatable bonds is 7. The van der Waals surface area contributed by atoms with Crippen molar-refractivity contribution in [1.82, 2.24) is 4.98 Å². The second-order valence-corrected chi connectivity index (χ2v) is 4.68. The molecule has 3 N–H and O–H groups in total. The van der Waals surface area contributed by atoms with Crippen molar-refractivity contribution in [2.75, 3.05) is 19.0 Å². The summed E-state index contributed by atoms with van der Waals surface area (Å²) in [5.74, 6) is -0.424. The fraction of sp³-hybridized carbons (Fsp3) is 0.545. The van der Waals surface area contributed by atoms with E-state index >= 15 is 0 Å². The molecule has 0 saturated carbocycles. The van der Waals surface area contributed by atoms with Gasteiger partial charge in [-0.3, -0.25) is 9.59 Å². The molecule has 0 spiro atoms. The fourth-order valence-corrected chi connectivity index (χ4v) is 2.02. The highest BCUT2D eigenvalue weighted by Gasteiger charge is 2.15. The molecule has 0 radical (unpaired) electrons. The van der Waals surface area contributed by atoms with Gasteiger partial charge in [-0.1, -0.05) is 0 Å². The van der Waals surface area contributed by atoms with E-state index in [1.54, 1.807) is 12.5 Å². The van der Waals surface area contributed by atoms with Crippen molar-refractivity contribution < 1.29 is 14.3 Å². The van der Waals surface area contributed by atoms with Gasteiger partial charge in [0.1, 0.15) is 5.69 Å². The maximum absolute atomic E-state index is 11.7. The van der Waals surface area contributed by atoms with Gasteiger partial charge in [0.25, 0.3) is 0 Å². The lowest BCUT2D eigenvalue weighted by Gasteiger charge is -2.09. The summed E-state index contributed by atoms with van der Waals surface area (Å²) in [7, 11) is 1.60. The number of carbonyl (C=O) groups excluding carboxylic acids is 2. The van der Waals surface area contributed by atoms with E-state index in [0.717, 1.165) is 6.42 Å². The number of hydrogen-bond donors (Lipinski definition) is 2. The monoisotopic (exact) mass is 271 g/mol. The van der Waals surface area contributed by atoms with Gasteiger partial charge in [-0.05, 0) is 12.8 Å². The number of ether oxygens (including phenoxy) is 1. The first kappa shape index (κ1) is 14.7. The average Bonchev–Trinajstić information content (AvgIpc) is 2.77. The topological polar surface area (TPSA) is 94.3 Å². The zero-order valence-corrected chi connectivity index (χ0v) is 11.3. The van der Waals surface area contributed by atoms with Crippen LogP contribution >= 0.6 is 11.3 Å². The average molecular weight is 271 g/mol. The predicted molar refractivity (Wildman–Crippen MR) is 69.8 cm³/mol. The molecule has 1 amide bonds. The van der Waals surface area contributed by atoms with Crippen LogP contribution < -0.4 is 11.1 Å². The van der Waals surface area contributed by atoms with Crippen molar-refractivity contribution in [3.63, 3.8) is 0 Å². The van der Waals surface area contributed by atoms with Crippen LogP contribution in [0.4, 0.5) is 5.13 Å². The molecule has 0 aliphatic heterocycles. The molecule has 1 heterocycles. The number of hydrogen-bond acceptors (Lipinski definition) is 6. The van der Waals surface area contributed by atoms with Gasteiger partial charge in [0.2, 0.25) is 5.91 Å². The van der Waals surface area contributed by atoms with Crippen molar-refractivity contribution in [2.24, 2.45) is 5.73 Å². The Balaban J connectivity index is 2.45. The summed E-state index contributed by atoms with van der Waals surface area (Å²) in [5, 5.41) is 4.60. The molecule has 6 nitrogen and oxygen atoms in total. The molecule has 0 fully saturated rings. The number of nitrogens with one attached hydrogen (secondary N) is 1. The van der Waals surface area contributed by atoms with Crippen LogP contribution in [0, 0.1) is 0 Å². The van der Waals surface area contributed by atoms with Gasteiger partial charge in [0.15, 0.2) is 10.9 Å². The van der Waals surface area contributed by atoms with E-state index in [9.17, 15) is 9.59 Å². The predicted octanol–water partition coefficient (Wildman–Crippen LogP) is 1.04. The molecule has 0 saturated heterocycles. The standard InChI is InChI=1S/C11H17N3O3S/c1-7(15)9-6-18-11(13-9)14-10(16)8(12)4-3-5-17-2/h6,8H,3-5,12H2,1-2H3,(H,13,14,16). The Labute approximate surface area is 110 Å². The number of nitrogens with two attached hydrogens (primary N) is 1. The highest BCUT2D eigenvalue weighted by molar-refractivity contribution is 7.14. The molecule has 1 atom stereocenters. The Morgan fingerprint density at radius 2 is 2.33 bits per heavy atom. The second-order valence-electron chi connectivity index (χ2n) is 3.82. The molecule has 0 aliphatic rings. The molecule has 0 bridgehead atoms. The summed E-state index contributed by atoms with van der Waals surface area (Å²) in [4.78, 5) is 26.7. The van der Waals surface area contributed by atoms with Crippen LogP contribution in [-0.4, -0.2) is 36.4 Å². The highest BCUT2D eigenvalue weighted by atomic mass is 32.1. The maximum atomic E-state index is 11.7. The molecular weight excluding hydrogens is 254 g/mol. The number of aromatic nitrogens is 1. The smallest absolute Gasteiger partial charge is 0.243 e. The van der Waals surface area contributed by atoms with Crippen LogP contribution in [-0.2, 0) is 9.53 Å². The van der Waals surface area contributed by atoms with Crippen LogP contribution in [0.1, 0.15) is 30.3 Å². The summed E-state index contributed by atoms with van der Waals surface area (Å²) in [6, 6.07) is -0.593. The Bertz CT molecular complexity index is 419. The largest absolute Gasteiger partial charge is 0.385 e. The van der Waals surface area contributed by atoms with Crippen LogP contribution in [0.3, 0.4) is 0 Å². The Kier molecular flexibility index (Phi) is 5.90. The second kappa shape index (κ2) is 7.20. The first-order chi connectivity index (χ1) is 8.54. The van der Waals surface area contributed by atoms with E-state index in [4.69, 9.17) is 10.5 Å². The van der Waals surface area contributed by atoms with E-state index < -0.39 is 6.04 Å². The van der Waals surface area contributed by atoms with E-state index in [2.05, 4.69) is 10.3 Å². The molecule has 1 aromatic heterocycles. The number of anilines is 1. The zero-order valence-electron chi connectivity index (χ0n) is 10.4. The third kappa shape index (κ3) is 4.52. The molecule has 7 heteroatoms. The van der Waals surface area contributed by atoms with Gasteiger partial charge >= 0.3 is 0 Å². The number of amides is 1. The zero-order chi connectivity index (χ0) is 13.5. The minimum atomic E-state index is -0.593. The lowest BCUT2D eigenvalue weighted by atomic mass is 10.1. The molecule has 0 aliphatic carbocycles. The van der Waals surface area contributed by atoms with Gasteiger partial charge in [-0.25, -0.2) is 4.98 Å². The number of thiazole rings is 1. The van der Waals surface area contributed by atoms with Crippen LogP contribution in [0.5, 0.6) is 0 Å². The van der Waals surface area contributed by atoms with Crippen molar-refractivity contribution in [3.05, 3.63) is 11.1 Å². The third-order valence-electron chi connectivity index (χ3n) is 2.30. The summed E-state index contributed by atoms with van der Waals surface area (Å²) in [5.41, 5.74) is 6.06. The summed E-state index contributed by atoms with van der Waals surface area (Å²) in [6.07, 6.45) is 1.27. The lowest BCUT2D eigenvalue weighted by Crippen LogP contribution is -2.35. The van der Waals surface area contributed by atoms with Crippen molar-refractivity contribution in [1.29, 1.82) is 0 Å². The van der Waals surface area contributed by atoms with Crippen molar-refractivity contribution in [3.8, 4) is 0 Å². The van der Waals surface area contributed by atoms with Gasteiger partial charge in [0, 0.05) is 26.0 Å². The number of nitrogens with zero attached hydrogens (tertiary/aromatic N) is 1. The van der Waals surface area contributed by atoms with Gasteiger partial charge < -0.3 is 15.8 Å². The van der Waals surface area contributed by atoms with Gasteiger partial charge in [-0.2, -0.15) is 0 Å². The number of carbonyl (C=O) groups is 2. The quantitative estimate of drug-likeness (QED) is 0.570. The molecule has 1 unspecified atom stereocenters. The summed E-state index contributed by atoms with van der Waals surface area (Å²) >= 11 is 1.21. The molecular formula is C11H17N3O3S. The SMILES string of the molecule is COCCCC(N)C(=O)Nc1nc(C(C)=O)cs1. The first-order valence-corrected chi connectivity index (χ1v) is 6.44. The van der Waals surface area contributed by atoms with Crippen LogP contribution in [0.25, 0.3) is 0 Å². The highest BCUT2D eigenvalue weighted by Crippen LogP contribution is 2.16. The van der Waals surface area contributed by atoms with Crippen molar-refractivity contribution in [2.45, 2.75) is 25.8 Å². The van der Waals surface area contributed by atoms with Gasteiger partial charge in [-0.15, -0.1) is 11.3 Å². The molecule has 1 aromatic rings. The molecule has 0 aromatic carbocycles. The summed E-state index contributed by atoms with van der Waals surface area (Å²) < 4.78 is 4.88. The van der Waals surface area contributed by atoms with E-state index in [0.29, 0.717) is 23.9 Å². The maximum Gasteiger partial charge on any atom is 0.243 e. The number of methoxy groups -OCH3 is 1. The Morgan fingerprint density at radius 3 is 2.89 bits per heavy atom. The third-order valence-corrected chi connectivity index (χ3v) is 3.05. The Morgan fingerprint density at radius 1 is 1.61 bits per heavy atom. The van der Waals surface area contributed by atoms with Crippen LogP contribution in [0.2, 0.25) is 0 Å². The van der Waals surface area contributed by atoms with Gasteiger partial charge in [0.05, 0.1) is 6.04 Å². The van der Waals surface area contributed by atoms with Crippen molar-refractivity contribution >= 4 is 28.2 Å². The first-order valence-electron chi connectivity index (χ1n) is 5.56. The fourth-order valence-electron chi connectivity index (χ4n) is 1.27. The van der Waals surface area contributed by atoms with E-state index in [-0.39, 0.29) is 11.7 Å². The van der Waals surface area contributed by atoms with Crippen LogP contribution in [0.15, 0.2) is 5.38 Å². The number of ketones is 1. The molecule has 1 rings (SSSR count). The lowest BCUT2D eigenvalue weighted by molar-refractivity contribution is -0.117. The number of Topliss-reactive ketones (excluding diaryl/α,β-unsaturated/α-hetero) is 1. The minimum Gasteiger partial charge on any atom is -0.385 e.